The zero-order chi connectivity index (χ0) is 13.6. The van der Waals surface area contributed by atoms with Gasteiger partial charge < -0.3 is 14.9 Å². The van der Waals surface area contributed by atoms with E-state index in [4.69, 9.17) is 11.7 Å². The number of anilines is 3. The van der Waals surface area contributed by atoms with Crippen LogP contribution in [0.4, 0.5) is 17.8 Å². The first kappa shape index (κ1) is 14.5. The van der Waals surface area contributed by atoms with Crippen LogP contribution in [0.3, 0.4) is 0 Å². The van der Waals surface area contributed by atoms with Crippen molar-refractivity contribution >= 4 is 26.4 Å². The van der Waals surface area contributed by atoms with E-state index in [-0.39, 0.29) is 23.9 Å². The van der Waals surface area contributed by atoms with E-state index in [9.17, 15) is 9.59 Å². The minimum absolute atomic E-state index is 0.146. The number of hydrogen-bond donors (Lipinski definition) is 5. The molecule has 1 rings (SSSR count). The van der Waals surface area contributed by atoms with Gasteiger partial charge in [0.2, 0.25) is 17.8 Å². The molecule has 18 heavy (non-hydrogen) atoms. The fraction of sp³-hybridized carbons (Fsp3) is 0.571. The fourth-order valence-corrected chi connectivity index (χ4v) is 2.01. The van der Waals surface area contributed by atoms with Crippen molar-refractivity contribution in [2.24, 2.45) is 11.7 Å². The molecule has 0 spiro atoms. The molecule has 0 radical (unpaired) electrons. The normalized spacial score (nSPS) is 11.2. The number of hydrogen-bond acceptors (Lipinski definition) is 10. The second-order valence-corrected chi connectivity index (χ2v) is 6.53. The van der Waals surface area contributed by atoms with Crippen LogP contribution in [0.1, 0.15) is 6.42 Å². The van der Waals surface area contributed by atoms with Crippen LogP contribution >= 0.6 is 0 Å². The minimum atomic E-state index is -3.49. The van der Waals surface area contributed by atoms with Gasteiger partial charge in [-0.1, -0.05) is 12.6 Å². The largest absolute Gasteiger partial charge is 0.870 e. The maximum atomic E-state index is 11.0. The van der Waals surface area contributed by atoms with Gasteiger partial charge in [0, 0.05) is 6.54 Å². The van der Waals surface area contributed by atoms with Gasteiger partial charge >= 0.3 is 0 Å². The van der Waals surface area contributed by atoms with Crippen LogP contribution in [-0.2, 0) is 0 Å². The zero-order valence-corrected chi connectivity index (χ0v) is 10.9. The topological polar surface area (TPSA) is 173 Å². The predicted molar refractivity (Wildman–Crippen MR) is 65.0 cm³/mol. The number of aromatic nitrogens is 3. The van der Waals surface area contributed by atoms with Gasteiger partial charge in [0.1, 0.15) is 0 Å². The van der Waals surface area contributed by atoms with Crippen molar-refractivity contribution in [3.8, 4) is 0 Å². The molecule has 0 fully saturated rings. The molecule has 1 aromatic heterocycles. The Hall–Kier alpha value is -1.53. The molecular formula is C7H16N8O2Si-2. The minimum Gasteiger partial charge on any atom is -0.870 e. The summed E-state index contributed by atoms with van der Waals surface area (Å²) in [6.45, 7) is 1.66. The SMILES string of the molecule is C[Si]([O-])([O-])CCCNc1nc(NN)nc(NN)n1. The van der Waals surface area contributed by atoms with Crippen molar-refractivity contribution < 1.29 is 9.59 Å². The van der Waals surface area contributed by atoms with Crippen molar-refractivity contribution in [2.45, 2.75) is 19.0 Å². The van der Waals surface area contributed by atoms with Crippen LogP contribution in [0.5, 0.6) is 0 Å². The second kappa shape index (κ2) is 6.41. The molecule has 0 bridgehead atoms. The quantitative estimate of drug-likeness (QED) is 0.149. The summed E-state index contributed by atoms with van der Waals surface area (Å²) < 4.78 is 0. The lowest BCUT2D eigenvalue weighted by Gasteiger charge is -2.43. The zero-order valence-electron chi connectivity index (χ0n) is 9.93. The first-order chi connectivity index (χ1) is 8.44. The van der Waals surface area contributed by atoms with E-state index >= 15 is 0 Å². The maximum Gasteiger partial charge on any atom is 0.243 e. The van der Waals surface area contributed by atoms with Gasteiger partial charge in [-0.05, 0) is 6.42 Å². The van der Waals surface area contributed by atoms with Gasteiger partial charge in [-0.15, -0.1) is 0 Å². The Bertz CT molecular complexity index is 362. The monoisotopic (exact) mass is 272 g/mol. The molecule has 0 aliphatic carbocycles. The van der Waals surface area contributed by atoms with E-state index in [2.05, 4.69) is 31.1 Å². The molecule has 0 saturated heterocycles. The molecule has 0 saturated carbocycles. The van der Waals surface area contributed by atoms with E-state index in [1.165, 1.54) is 6.55 Å². The summed E-state index contributed by atoms with van der Waals surface area (Å²) in [6.07, 6.45) is 0.470. The molecular weight excluding hydrogens is 256 g/mol. The molecule has 0 atom stereocenters. The van der Waals surface area contributed by atoms with Gasteiger partial charge in [-0.3, -0.25) is 10.9 Å². The third-order valence-corrected chi connectivity index (χ3v) is 3.25. The summed E-state index contributed by atoms with van der Waals surface area (Å²) >= 11 is 0. The fourth-order valence-electron chi connectivity index (χ4n) is 1.19. The van der Waals surface area contributed by atoms with E-state index in [1.807, 2.05) is 0 Å². The van der Waals surface area contributed by atoms with E-state index < -0.39 is 8.56 Å². The molecule has 11 heteroatoms. The van der Waals surface area contributed by atoms with Crippen LogP contribution in [0, 0.1) is 0 Å². The first-order valence-electron chi connectivity index (χ1n) is 5.28. The van der Waals surface area contributed by atoms with Crippen molar-refractivity contribution in [1.82, 2.24) is 15.0 Å². The molecule has 1 aromatic rings. The van der Waals surface area contributed by atoms with Crippen molar-refractivity contribution in [2.75, 3.05) is 22.7 Å². The number of nitrogens with one attached hydrogen (secondary N) is 3. The van der Waals surface area contributed by atoms with E-state index in [1.54, 1.807) is 0 Å². The molecule has 1 heterocycles. The Labute approximate surface area is 105 Å². The highest BCUT2D eigenvalue weighted by molar-refractivity contribution is 6.59. The Kier molecular flexibility index (Phi) is 5.18. The van der Waals surface area contributed by atoms with Crippen LogP contribution < -0.4 is 37.4 Å². The second-order valence-electron chi connectivity index (χ2n) is 3.76. The highest BCUT2D eigenvalue weighted by Gasteiger charge is 2.04. The summed E-state index contributed by atoms with van der Waals surface area (Å²) in [6, 6.07) is 0.148. The molecule has 10 nitrogen and oxygen atoms in total. The van der Waals surface area contributed by atoms with Gasteiger partial charge in [0.15, 0.2) is 0 Å². The molecule has 0 aliphatic rings. The number of nitrogens with two attached hydrogens (primary N) is 2. The highest BCUT2D eigenvalue weighted by Crippen LogP contribution is 2.07. The summed E-state index contributed by atoms with van der Waals surface area (Å²) in [7, 11) is -3.49. The molecule has 102 valence electrons. The average Bonchev–Trinajstić information content (AvgIpc) is 2.33. The van der Waals surface area contributed by atoms with Crippen LogP contribution in [-0.4, -0.2) is 30.1 Å². The summed E-state index contributed by atoms with van der Waals surface area (Å²) in [5.41, 5.74) is 4.53. The summed E-state index contributed by atoms with van der Waals surface area (Å²) in [5, 5.41) is 2.86. The van der Waals surface area contributed by atoms with Gasteiger partial charge in [-0.25, -0.2) is 11.7 Å². The lowest BCUT2D eigenvalue weighted by molar-refractivity contribution is -0.368. The average molecular weight is 272 g/mol. The van der Waals surface area contributed by atoms with Crippen LogP contribution in [0.25, 0.3) is 0 Å². The van der Waals surface area contributed by atoms with E-state index in [0.29, 0.717) is 13.0 Å². The maximum absolute atomic E-state index is 11.0. The Morgan fingerprint density at radius 1 is 1.06 bits per heavy atom. The van der Waals surface area contributed by atoms with Crippen LogP contribution in [0.2, 0.25) is 12.6 Å². The van der Waals surface area contributed by atoms with Crippen molar-refractivity contribution in [1.29, 1.82) is 0 Å². The molecule has 0 aromatic carbocycles. The van der Waals surface area contributed by atoms with Gasteiger partial charge in [-0.2, -0.15) is 23.5 Å². The Morgan fingerprint density at radius 2 is 1.56 bits per heavy atom. The third kappa shape index (κ3) is 5.20. The van der Waals surface area contributed by atoms with Crippen molar-refractivity contribution in [3.05, 3.63) is 0 Å². The molecule has 0 unspecified atom stereocenters. The number of hydrazine groups is 2. The third-order valence-electron chi connectivity index (χ3n) is 1.98. The number of nitrogen functional groups attached to an aromatic ring is 2. The molecule has 0 aliphatic heterocycles. The standard InChI is InChI=1S/C7H16N8O2Si/c1-18(16,17)4-2-3-10-5-11-6(14-8)13-7(12-5)15-9/h2-4,8-9H2,1H3,(H3,10,11,12,13,14,15)/q-2. The summed E-state index contributed by atoms with van der Waals surface area (Å²) in [5.74, 6) is 10.9. The first-order valence-corrected chi connectivity index (χ1v) is 7.81. The lowest BCUT2D eigenvalue weighted by Crippen LogP contribution is -2.59. The van der Waals surface area contributed by atoms with Gasteiger partial charge in [0.25, 0.3) is 0 Å². The predicted octanol–water partition coefficient (Wildman–Crippen LogP) is -2.96. The summed E-state index contributed by atoms with van der Waals surface area (Å²) in [4.78, 5) is 33.6. The molecule has 7 N–H and O–H groups in total. The number of rotatable bonds is 7. The van der Waals surface area contributed by atoms with Crippen LogP contribution in [0.15, 0.2) is 0 Å². The molecule has 0 amide bonds. The Morgan fingerprint density at radius 3 is 2.00 bits per heavy atom. The smallest absolute Gasteiger partial charge is 0.243 e. The van der Waals surface area contributed by atoms with Crippen molar-refractivity contribution in [3.63, 3.8) is 0 Å². The number of nitrogens with zero attached hydrogens (tertiary/aromatic N) is 3. The Balaban J connectivity index is 2.51. The highest BCUT2D eigenvalue weighted by atomic mass is 28.4. The van der Waals surface area contributed by atoms with E-state index in [0.717, 1.165) is 0 Å². The van der Waals surface area contributed by atoms with Gasteiger partial charge in [0.05, 0.1) is 0 Å². The lowest BCUT2D eigenvalue weighted by atomic mass is 10.5.